The van der Waals surface area contributed by atoms with E-state index in [0.29, 0.717) is 19.6 Å². The third kappa shape index (κ3) is 4.33. The van der Waals surface area contributed by atoms with E-state index < -0.39 is 0 Å². The molecule has 1 atom stereocenters. The van der Waals surface area contributed by atoms with Crippen molar-refractivity contribution in [1.82, 2.24) is 19.8 Å². The first-order chi connectivity index (χ1) is 11.6. The van der Waals surface area contributed by atoms with E-state index in [1.807, 2.05) is 13.8 Å². The maximum atomic E-state index is 12.6. The topological polar surface area (TPSA) is 99.8 Å². The Kier molecular flexibility index (Phi) is 6.34. The van der Waals surface area contributed by atoms with Crippen molar-refractivity contribution in [2.45, 2.75) is 45.6 Å². The molecule has 1 aromatic heterocycles. The highest BCUT2D eigenvalue weighted by Gasteiger charge is 2.31. The SMILES string of the molecule is Cc1nc(C2CCCN2CC(=O)N(CCC#N)CCC#N)[nH]c1C. The molecule has 1 unspecified atom stereocenters. The van der Waals surface area contributed by atoms with Crippen molar-refractivity contribution in [3.05, 3.63) is 17.2 Å². The number of imidazole rings is 1. The number of amides is 1. The first-order valence-electron chi connectivity index (χ1n) is 8.35. The molecule has 1 aliphatic rings. The molecule has 2 heterocycles. The molecule has 128 valence electrons. The molecule has 1 aromatic rings. The normalized spacial score (nSPS) is 17.4. The molecule has 0 aliphatic carbocycles. The molecule has 1 saturated heterocycles. The van der Waals surface area contributed by atoms with Crippen molar-refractivity contribution in [2.24, 2.45) is 0 Å². The highest BCUT2D eigenvalue weighted by Crippen LogP contribution is 2.30. The zero-order valence-electron chi connectivity index (χ0n) is 14.4. The first-order valence-corrected chi connectivity index (χ1v) is 8.35. The predicted octanol–water partition coefficient (Wildman–Crippen LogP) is 1.82. The number of likely N-dealkylation sites (tertiary alicyclic amines) is 1. The van der Waals surface area contributed by atoms with Crippen LogP contribution in [0.4, 0.5) is 0 Å². The molecule has 24 heavy (non-hydrogen) atoms. The Morgan fingerprint density at radius 2 is 2.00 bits per heavy atom. The summed E-state index contributed by atoms with van der Waals surface area (Å²) in [4.78, 5) is 24.3. The van der Waals surface area contributed by atoms with Crippen LogP contribution in [0.2, 0.25) is 0 Å². The van der Waals surface area contributed by atoms with Gasteiger partial charge in [0, 0.05) is 18.8 Å². The molecule has 0 radical (unpaired) electrons. The summed E-state index contributed by atoms with van der Waals surface area (Å²) in [5, 5.41) is 17.5. The van der Waals surface area contributed by atoms with Crippen LogP contribution in [0.1, 0.15) is 48.9 Å². The summed E-state index contributed by atoms with van der Waals surface area (Å²) in [5.41, 5.74) is 2.06. The molecule has 0 aromatic carbocycles. The second-order valence-corrected chi connectivity index (χ2v) is 6.16. The van der Waals surface area contributed by atoms with Crippen LogP contribution in [0.3, 0.4) is 0 Å². The zero-order valence-corrected chi connectivity index (χ0v) is 14.4. The van der Waals surface area contributed by atoms with Crippen LogP contribution < -0.4 is 0 Å². The summed E-state index contributed by atoms with van der Waals surface area (Å²) in [5.74, 6) is 0.906. The van der Waals surface area contributed by atoms with E-state index in [2.05, 4.69) is 27.0 Å². The quantitative estimate of drug-likeness (QED) is 0.823. The number of aromatic nitrogens is 2. The predicted molar refractivity (Wildman–Crippen MR) is 88.6 cm³/mol. The summed E-state index contributed by atoms with van der Waals surface area (Å²) >= 11 is 0. The Morgan fingerprint density at radius 3 is 2.54 bits per heavy atom. The van der Waals surface area contributed by atoms with Crippen LogP contribution in [0.25, 0.3) is 0 Å². The largest absolute Gasteiger partial charge is 0.345 e. The lowest BCUT2D eigenvalue weighted by Crippen LogP contribution is -2.41. The number of hydrogen-bond donors (Lipinski definition) is 1. The van der Waals surface area contributed by atoms with Crippen molar-refractivity contribution in [2.75, 3.05) is 26.2 Å². The van der Waals surface area contributed by atoms with E-state index in [-0.39, 0.29) is 24.8 Å². The van der Waals surface area contributed by atoms with E-state index in [4.69, 9.17) is 10.5 Å². The minimum absolute atomic E-state index is 0.0209. The molecule has 0 saturated carbocycles. The number of nitriles is 2. The van der Waals surface area contributed by atoms with Gasteiger partial charge in [0.1, 0.15) is 5.82 Å². The van der Waals surface area contributed by atoms with E-state index in [1.165, 1.54) is 0 Å². The van der Waals surface area contributed by atoms with E-state index >= 15 is 0 Å². The molecule has 1 amide bonds. The monoisotopic (exact) mass is 328 g/mol. The minimum Gasteiger partial charge on any atom is -0.345 e. The second kappa shape index (κ2) is 8.47. The van der Waals surface area contributed by atoms with Crippen molar-refractivity contribution >= 4 is 5.91 Å². The average Bonchev–Trinajstić information content (AvgIpc) is 3.14. The summed E-state index contributed by atoms with van der Waals surface area (Å²) in [7, 11) is 0. The van der Waals surface area contributed by atoms with Crippen molar-refractivity contribution in [3.8, 4) is 12.1 Å². The lowest BCUT2D eigenvalue weighted by Gasteiger charge is -2.27. The maximum absolute atomic E-state index is 12.6. The molecule has 1 fully saturated rings. The number of carbonyl (C=O) groups excluding carboxylic acids is 1. The molecule has 0 spiro atoms. The van der Waals surface area contributed by atoms with Crippen LogP contribution in [-0.4, -0.2) is 51.9 Å². The van der Waals surface area contributed by atoms with Gasteiger partial charge in [0.2, 0.25) is 5.91 Å². The third-order valence-corrected chi connectivity index (χ3v) is 4.50. The lowest BCUT2D eigenvalue weighted by molar-refractivity contribution is -0.132. The number of H-pyrrole nitrogens is 1. The van der Waals surface area contributed by atoms with Crippen LogP contribution >= 0.6 is 0 Å². The second-order valence-electron chi connectivity index (χ2n) is 6.16. The third-order valence-electron chi connectivity index (χ3n) is 4.50. The standard InChI is InChI=1S/C17H24N6O/c1-13-14(2)21-17(20-13)15-6-3-9-23(15)12-16(24)22(10-4-7-18)11-5-8-19/h15H,3-6,9-12H2,1-2H3,(H,20,21). The highest BCUT2D eigenvalue weighted by atomic mass is 16.2. The Morgan fingerprint density at radius 1 is 1.33 bits per heavy atom. The summed E-state index contributed by atoms with van der Waals surface area (Å²) in [6.07, 6.45) is 2.59. The van der Waals surface area contributed by atoms with Gasteiger partial charge >= 0.3 is 0 Å². The highest BCUT2D eigenvalue weighted by molar-refractivity contribution is 5.78. The van der Waals surface area contributed by atoms with E-state index in [9.17, 15) is 4.79 Å². The van der Waals surface area contributed by atoms with Gasteiger partial charge in [-0.2, -0.15) is 10.5 Å². The number of carbonyl (C=O) groups is 1. The fourth-order valence-corrected chi connectivity index (χ4v) is 3.06. The molecule has 7 nitrogen and oxygen atoms in total. The maximum Gasteiger partial charge on any atom is 0.236 e. The fourth-order valence-electron chi connectivity index (χ4n) is 3.06. The number of aromatic amines is 1. The van der Waals surface area contributed by atoms with Gasteiger partial charge in [-0.1, -0.05) is 0 Å². The molecular formula is C17H24N6O. The lowest BCUT2D eigenvalue weighted by atomic mass is 10.2. The number of rotatable bonds is 7. The summed E-state index contributed by atoms with van der Waals surface area (Å²) in [6, 6.07) is 4.26. The fraction of sp³-hybridized carbons (Fsp3) is 0.647. The number of aryl methyl sites for hydroxylation is 2. The van der Waals surface area contributed by atoms with Gasteiger partial charge in [-0.15, -0.1) is 0 Å². The molecule has 0 bridgehead atoms. The first kappa shape index (κ1) is 18.0. The van der Waals surface area contributed by atoms with Gasteiger partial charge < -0.3 is 9.88 Å². The average molecular weight is 328 g/mol. The van der Waals surface area contributed by atoms with Crippen LogP contribution in [0, 0.1) is 36.5 Å². The van der Waals surface area contributed by atoms with Crippen LogP contribution in [0.15, 0.2) is 0 Å². The Balaban J connectivity index is 2.02. The van der Waals surface area contributed by atoms with Gasteiger partial charge in [0.05, 0.1) is 43.3 Å². The van der Waals surface area contributed by atoms with E-state index in [1.54, 1.807) is 4.90 Å². The van der Waals surface area contributed by atoms with Gasteiger partial charge in [-0.25, -0.2) is 4.98 Å². The van der Waals surface area contributed by atoms with E-state index in [0.717, 1.165) is 36.6 Å². The van der Waals surface area contributed by atoms with Gasteiger partial charge in [0.15, 0.2) is 0 Å². The summed E-state index contributed by atoms with van der Waals surface area (Å²) < 4.78 is 0. The van der Waals surface area contributed by atoms with Crippen molar-refractivity contribution in [1.29, 1.82) is 10.5 Å². The van der Waals surface area contributed by atoms with Crippen molar-refractivity contribution in [3.63, 3.8) is 0 Å². The number of nitrogens with zero attached hydrogens (tertiary/aromatic N) is 5. The Labute approximate surface area is 142 Å². The molecule has 1 N–H and O–H groups in total. The smallest absolute Gasteiger partial charge is 0.236 e. The van der Waals surface area contributed by atoms with Crippen molar-refractivity contribution < 1.29 is 4.79 Å². The molecule has 2 rings (SSSR count). The number of nitrogens with one attached hydrogen (secondary N) is 1. The number of hydrogen-bond acceptors (Lipinski definition) is 5. The molecular weight excluding hydrogens is 304 g/mol. The summed E-state index contributed by atoms with van der Waals surface area (Å²) in [6.45, 7) is 5.91. The molecule has 7 heteroatoms. The Bertz CT molecular complexity index is 616. The molecule has 1 aliphatic heterocycles. The van der Waals surface area contributed by atoms with Gasteiger partial charge in [-0.05, 0) is 33.2 Å². The van der Waals surface area contributed by atoms with Crippen LogP contribution in [-0.2, 0) is 4.79 Å². The van der Waals surface area contributed by atoms with Gasteiger partial charge in [-0.3, -0.25) is 9.69 Å². The van der Waals surface area contributed by atoms with Crippen LogP contribution in [0.5, 0.6) is 0 Å². The van der Waals surface area contributed by atoms with Gasteiger partial charge in [0.25, 0.3) is 0 Å². The zero-order chi connectivity index (χ0) is 17.5. The minimum atomic E-state index is -0.0209. The Hall–Kier alpha value is -2.38.